The number of hydrogen-bond donors (Lipinski definition) is 0. The molecule has 5 nitrogen and oxygen atoms in total. The molecule has 5 heteroatoms. The fraction of sp³-hybridized carbons (Fsp3) is 0.619. The zero-order valence-electron chi connectivity index (χ0n) is 16.4. The molecule has 146 valence electrons. The highest BCUT2D eigenvalue weighted by molar-refractivity contribution is 5.69. The van der Waals surface area contributed by atoms with Gasteiger partial charge < -0.3 is 14.4 Å². The molecule has 0 aliphatic carbocycles. The summed E-state index contributed by atoms with van der Waals surface area (Å²) in [6.07, 6.45) is 3.33. The van der Waals surface area contributed by atoms with Crippen LogP contribution in [0.3, 0.4) is 0 Å². The number of nitrogens with zero attached hydrogens (tertiary/aromatic N) is 1. The van der Waals surface area contributed by atoms with Crippen LogP contribution in [0, 0.1) is 0 Å². The molecule has 0 N–H and O–H groups in total. The van der Waals surface area contributed by atoms with Crippen molar-refractivity contribution in [3.8, 4) is 0 Å². The van der Waals surface area contributed by atoms with Gasteiger partial charge in [-0.2, -0.15) is 0 Å². The normalized spacial score (nSPS) is 12.0. The molecular formula is C21H33NO4. The Morgan fingerprint density at radius 2 is 1.42 bits per heavy atom. The van der Waals surface area contributed by atoms with E-state index in [-0.39, 0.29) is 11.9 Å². The van der Waals surface area contributed by atoms with Gasteiger partial charge in [0.25, 0.3) is 0 Å². The molecule has 0 radical (unpaired) electrons. The highest BCUT2D eigenvalue weighted by atomic mass is 16.5. The first-order valence-corrected chi connectivity index (χ1v) is 9.66. The van der Waals surface area contributed by atoms with E-state index in [9.17, 15) is 9.59 Å². The lowest BCUT2D eigenvalue weighted by molar-refractivity contribution is -0.144. The smallest absolute Gasteiger partial charge is 0.305 e. The second kappa shape index (κ2) is 13.3. The fourth-order valence-electron chi connectivity index (χ4n) is 2.96. The van der Waals surface area contributed by atoms with Gasteiger partial charge in [0.15, 0.2) is 0 Å². The van der Waals surface area contributed by atoms with Crippen molar-refractivity contribution in [2.75, 3.05) is 26.3 Å². The molecule has 0 fully saturated rings. The van der Waals surface area contributed by atoms with Gasteiger partial charge in [-0.1, -0.05) is 30.3 Å². The summed E-state index contributed by atoms with van der Waals surface area (Å²) in [7, 11) is 0. The summed E-state index contributed by atoms with van der Waals surface area (Å²) in [5, 5.41) is 0. The van der Waals surface area contributed by atoms with Gasteiger partial charge in [-0.05, 0) is 58.7 Å². The molecule has 0 spiro atoms. The molecule has 1 rings (SSSR count). The Kier molecular flexibility index (Phi) is 11.4. The molecule has 1 unspecified atom stereocenters. The van der Waals surface area contributed by atoms with Crippen LogP contribution in [-0.2, 0) is 25.5 Å². The number of rotatable bonds is 13. The zero-order valence-corrected chi connectivity index (χ0v) is 16.4. The minimum Gasteiger partial charge on any atom is -0.466 e. The molecule has 0 aliphatic rings. The van der Waals surface area contributed by atoms with Crippen LogP contribution in [-0.4, -0.2) is 49.2 Å². The van der Waals surface area contributed by atoms with Gasteiger partial charge in [-0.25, -0.2) is 0 Å². The van der Waals surface area contributed by atoms with E-state index >= 15 is 0 Å². The van der Waals surface area contributed by atoms with Crippen molar-refractivity contribution >= 4 is 11.9 Å². The lowest BCUT2D eigenvalue weighted by atomic mass is 10.1. The number of carbonyl (C=O) groups excluding carboxylic acids is 2. The number of benzene rings is 1. The van der Waals surface area contributed by atoms with Crippen LogP contribution >= 0.6 is 0 Å². The largest absolute Gasteiger partial charge is 0.466 e. The van der Waals surface area contributed by atoms with Crippen LogP contribution in [0.1, 0.15) is 52.0 Å². The third-order valence-corrected chi connectivity index (χ3v) is 4.26. The van der Waals surface area contributed by atoms with E-state index in [1.54, 1.807) is 0 Å². The molecule has 0 aromatic heterocycles. The summed E-state index contributed by atoms with van der Waals surface area (Å²) < 4.78 is 10.0. The van der Waals surface area contributed by atoms with Crippen molar-refractivity contribution in [2.24, 2.45) is 0 Å². The van der Waals surface area contributed by atoms with E-state index in [1.165, 1.54) is 5.56 Å². The predicted molar refractivity (Wildman–Crippen MR) is 103 cm³/mol. The molecule has 1 atom stereocenters. The molecule has 0 saturated heterocycles. The predicted octanol–water partition coefficient (Wildman–Crippen LogP) is 3.61. The standard InChI is InChI=1S/C21H33NO4/c1-4-25-20(23)13-9-15-22(16-10-14-21(24)26-5-2)18(3)17-19-11-7-6-8-12-19/h6-8,11-12,18H,4-5,9-10,13-17H2,1-3H3. The molecule has 1 aromatic rings. The second-order valence-corrected chi connectivity index (χ2v) is 6.39. The molecule has 1 aromatic carbocycles. The lowest BCUT2D eigenvalue weighted by Crippen LogP contribution is -2.36. The molecule has 0 amide bonds. The van der Waals surface area contributed by atoms with E-state index in [1.807, 2.05) is 32.0 Å². The number of ether oxygens (including phenoxy) is 2. The Labute approximate surface area is 157 Å². The third kappa shape index (κ3) is 9.56. The monoisotopic (exact) mass is 363 g/mol. The molecule has 0 aliphatic heterocycles. The van der Waals surface area contributed by atoms with Crippen molar-refractivity contribution in [1.29, 1.82) is 0 Å². The molecule has 0 bridgehead atoms. The summed E-state index contributed by atoms with van der Waals surface area (Å²) in [5.74, 6) is -0.288. The maximum absolute atomic E-state index is 11.6. The van der Waals surface area contributed by atoms with Crippen molar-refractivity contribution in [2.45, 2.75) is 58.9 Å². The van der Waals surface area contributed by atoms with E-state index in [4.69, 9.17) is 9.47 Å². The summed E-state index contributed by atoms with van der Waals surface area (Å²) in [5.41, 5.74) is 1.29. The second-order valence-electron chi connectivity index (χ2n) is 6.39. The van der Waals surface area contributed by atoms with Crippen LogP contribution in [0.15, 0.2) is 30.3 Å². The average molecular weight is 363 g/mol. The summed E-state index contributed by atoms with van der Waals surface area (Å²) >= 11 is 0. The number of hydrogen-bond acceptors (Lipinski definition) is 5. The van der Waals surface area contributed by atoms with Crippen LogP contribution in [0.2, 0.25) is 0 Å². The Bertz CT molecular complexity index is 494. The van der Waals surface area contributed by atoms with Crippen molar-refractivity contribution in [3.05, 3.63) is 35.9 Å². The van der Waals surface area contributed by atoms with Gasteiger partial charge in [0.1, 0.15) is 0 Å². The Balaban J connectivity index is 2.52. The van der Waals surface area contributed by atoms with Crippen molar-refractivity contribution < 1.29 is 19.1 Å². The number of esters is 2. The lowest BCUT2D eigenvalue weighted by Gasteiger charge is -2.29. The van der Waals surface area contributed by atoms with E-state index in [0.717, 1.165) is 32.4 Å². The van der Waals surface area contributed by atoms with E-state index < -0.39 is 0 Å². The first-order chi connectivity index (χ1) is 12.6. The van der Waals surface area contributed by atoms with Crippen molar-refractivity contribution in [3.63, 3.8) is 0 Å². The Morgan fingerprint density at radius 3 is 1.88 bits per heavy atom. The first kappa shape index (κ1) is 22.2. The SMILES string of the molecule is CCOC(=O)CCCN(CCCC(=O)OCC)C(C)Cc1ccccc1. The average Bonchev–Trinajstić information content (AvgIpc) is 2.61. The minimum absolute atomic E-state index is 0.144. The van der Waals surface area contributed by atoms with Gasteiger partial charge >= 0.3 is 11.9 Å². The Hall–Kier alpha value is -1.88. The summed E-state index contributed by atoms with van der Waals surface area (Å²) in [4.78, 5) is 25.5. The Morgan fingerprint density at radius 1 is 0.923 bits per heavy atom. The molecular weight excluding hydrogens is 330 g/mol. The number of carbonyl (C=O) groups is 2. The quantitative estimate of drug-likeness (QED) is 0.501. The summed E-state index contributed by atoms with van der Waals surface area (Å²) in [6.45, 7) is 8.31. The first-order valence-electron chi connectivity index (χ1n) is 9.66. The molecule has 0 heterocycles. The minimum atomic E-state index is -0.144. The van der Waals surface area contributed by atoms with Gasteiger partial charge in [-0.3, -0.25) is 9.59 Å². The molecule has 26 heavy (non-hydrogen) atoms. The van der Waals surface area contributed by atoms with Gasteiger partial charge in [0.05, 0.1) is 13.2 Å². The molecule has 0 saturated carbocycles. The summed E-state index contributed by atoms with van der Waals surface area (Å²) in [6, 6.07) is 10.7. The van der Waals surface area contributed by atoms with Crippen molar-refractivity contribution in [1.82, 2.24) is 4.90 Å². The van der Waals surface area contributed by atoms with Crippen LogP contribution < -0.4 is 0 Å². The van der Waals surface area contributed by atoms with E-state index in [0.29, 0.717) is 32.1 Å². The highest BCUT2D eigenvalue weighted by Gasteiger charge is 2.16. The fourth-order valence-corrected chi connectivity index (χ4v) is 2.96. The van der Waals surface area contributed by atoms with Gasteiger partial charge in [0.2, 0.25) is 0 Å². The maximum Gasteiger partial charge on any atom is 0.305 e. The van der Waals surface area contributed by atoms with Crippen LogP contribution in [0.5, 0.6) is 0 Å². The van der Waals surface area contributed by atoms with Gasteiger partial charge in [0, 0.05) is 18.9 Å². The maximum atomic E-state index is 11.6. The van der Waals surface area contributed by atoms with E-state index in [2.05, 4.69) is 24.0 Å². The third-order valence-electron chi connectivity index (χ3n) is 4.26. The van der Waals surface area contributed by atoms with Gasteiger partial charge in [-0.15, -0.1) is 0 Å². The highest BCUT2D eigenvalue weighted by Crippen LogP contribution is 2.12. The topological polar surface area (TPSA) is 55.8 Å². The van der Waals surface area contributed by atoms with Crippen LogP contribution in [0.4, 0.5) is 0 Å². The van der Waals surface area contributed by atoms with Crippen LogP contribution in [0.25, 0.3) is 0 Å². The zero-order chi connectivity index (χ0) is 19.2.